The van der Waals surface area contributed by atoms with Crippen LogP contribution in [0, 0.1) is 6.92 Å². The number of nitrogens with zero attached hydrogens (tertiary/aromatic N) is 2. The molecule has 0 saturated heterocycles. The van der Waals surface area contributed by atoms with Gasteiger partial charge in [0.1, 0.15) is 0 Å². The van der Waals surface area contributed by atoms with Gasteiger partial charge >= 0.3 is 0 Å². The summed E-state index contributed by atoms with van der Waals surface area (Å²) in [6.07, 6.45) is 1.38. The summed E-state index contributed by atoms with van der Waals surface area (Å²) in [5.74, 6) is 0.0614. The highest BCUT2D eigenvalue weighted by Crippen LogP contribution is 2.07. The van der Waals surface area contributed by atoms with E-state index < -0.39 is 0 Å². The number of carbonyl (C=O) groups is 1. The predicted octanol–water partition coefficient (Wildman–Crippen LogP) is 1.07. The molecule has 5 nitrogen and oxygen atoms in total. The van der Waals surface area contributed by atoms with Gasteiger partial charge in [0.15, 0.2) is 0 Å². The van der Waals surface area contributed by atoms with E-state index in [-0.39, 0.29) is 11.9 Å². The monoisotopic (exact) mass is 278 g/mol. The SMILES string of the molecule is CCCNC(=O)CC(CN)N(C)Cc1cccc(C)n1. The summed E-state index contributed by atoms with van der Waals surface area (Å²) in [4.78, 5) is 18.3. The molecular formula is C15H26N4O. The first-order chi connectivity index (χ1) is 9.56. The van der Waals surface area contributed by atoms with E-state index in [9.17, 15) is 4.79 Å². The fraction of sp³-hybridized carbons (Fsp3) is 0.600. The summed E-state index contributed by atoms with van der Waals surface area (Å²) in [6, 6.07) is 6.00. The van der Waals surface area contributed by atoms with Crippen molar-refractivity contribution >= 4 is 5.91 Å². The molecule has 1 amide bonds. The summed E-state index contributed by atoms with van der Waals surface area (Å²) in [5, 5.41) is 2.89. The smallest absolute Gasteiger partial charge is 0.221 e. The molecule has 3 N–H and O–H groups in total. The van der Waals surface area contributed by atoms with Crippen molar-refractivity contribution < 1.29 is 4.79 Å². The number of pyridine rings is 1. The number of amides is 1. The van der Waals surface area contributed by atoms with Gasteiger partial charge in [-0.1, -0.05) is 13.0 Å². The number of aromatic nitrogens is 1. The third kappa shape index (κ3) is 5.67. The van der Waals surface area contributed by atoms with E-state index >= 15 is 0 Å². The van der Waals surface area contributed by atoms with Gasteiger partial charge in [-0.05, 0) is 32.5 Å². The Hall–Kier alpha value is -1.46. The highest BCUT2D eigenvalue weighted by Gasteiger charge is 2.17. The maximum atomic E-state index is 11.8. The van der Waals surface area contributed by atoms with Crippen molar-refractivity contribution in [1.29, 1.82) is 0 Å². The molecule has 0 saturated carbocycles. The van der Waals surface area contributed by atoms with Crippen molar-refractivity contribution in [2.24, 2.45) is 5.73 Å². The highest BCUT2D eigenvalue weighted by atomic mass is 16.1. The number of rotatable bonds is 8. The minimum absolute atomic E-state index is 0.0363. The molecule has 0 aliphatic rings. The van der Waals surface area contributed by atoms with Crippen LogP contribution >= 0.6 is 0 Å². The first-order valence-electron chi connectivity index (χ1n) is 7.16. The molecule has 5 heteroatoms. The highest BCUT2D eigenvalue weighted by molar-refractivity contribution is 5.76. The molecule has 1 heterocycles. The summed E-state index contributed by atoms with van der Waals surface area (Å²) in [7, 11) is 1.98. The third-order valence-corrected chi connectivity index (χ3v) is 3.25. The number of nitrogens with two attached hydrogens (primary N) is 1. The first kappa shape index (κ1) is 16.6. The summed E-state index contributed by atoms with van der Waals surface area (Å²) in [5.41, 5.74) is 7.79. The molecule has 0 radical (unpaired) electrons. The van der Waals surface area contributed by atoms with Gasteiger partial charge < -0.3 is 11.1 Å². The average Bonchev–Trinajstić information content (AvgIpc) is 2.42. The Balaban J connectivity index is 2.54. The first-order valence-corrected chi connectivity index (χ1v) is 7.16. The molecule has 0 fully saturated rings. The fourth-order valence-electron chi connectivity index (χ4n) is 2.04. The zero-order valence-corrected chi connectivity index (χ0v) is 12.7. The quantitative estimate of drug-likeness (QED) is 0.746. The number of hydrogen-bond acceptors (Lipinski definition) is 4. The van der Waals surface area contributed by atoms with Crippen LogP contribution in [0.1, 0.15) is 31.2 Å². The standard InChI is InChI=1S/C15H26N4O/c1-4-8-17-15(20)9-14(10-16)19(3)11-13-7-5-6-12(2)18-13/h5-7,14H,4,8-11,16H2,1-3H3,(H,17,20). The Morgan fingerprint density at radius 1 is 1.50 bits per heavy atom. The van der Waals surface area contributed by atoms with Gasteiger partial charge in [0.05, 0.1) is 5.69 Å². The van der Waals surface area contributed by atoms with Crippen molar-refractivity contribution in [2.75, 3.05) is 20.1 Å². The summed E-state index contributed by atoms with van der Waals surface area (Å²) < 4.78 is 0. The van der Waals surface area contributed by atoms with Crippen molar-refractivity contribution in [2.45, 2.75) is 39.3 Å². The second-order valence-corrected chi connectivity index (χ2v) is 5.13. The zero-order chi connectivity index (χ0) is 15.0. The van der Waals surface area contributed by atoms with Gasteiger partial charge in [0, 0.05) is 37.8 Å². The van der Waals surface area contributed by atoms with E-state index in [0.29, 0.717) is 19.5 Å². The lowest BCUT2D eigenvalue weighted by atomic mass is 10.1. The van der Waals surface area contributed by atoms with Gasteiger partial charge in [-0.2, -0.15) is 0 Å². The minimum atomic E-state index is 0.0363. The van der Waals surface area contributed by atoms with Crippen LogP contribution in [0.3, 0.4) is 0 Å². The molecule has 0 spiro atoms. The number of hydrogen-bond donors (Lipinski definition) is 2. The van der Waals surface area contributed by atoms with E-state index in [1.165, 1.54) is 0 Å². The van der Waals surface area contributed by atoms with Gasteiger partial charge in [-0.15, -0.1) is 0 Å². The van der Waals surface area contributed by atoms with Gasteiger partial charge in [-0.25, -0.2) is 0 Å². The molecule has 20 heavy (non-hydrogen) atoms. The topological polar surface area (TPSA) is 71.2 Å². The van der Waals surface area contributed by atoms with E-state index in [0.717, 1.165) is 24.4 Å². The summed E-state index contributed by atoms with van der Waals surface area (Å²) in [6.45, 7) is 5.89. The van der Waals surface area contributed by atoms with Crippen molar-refractivity contribution in [3.05, 3.63) is 29.6 Å². The molecule has 1 rings (SSSR count). The van der Waals surface area contributed by atoms with E-state index in [1.54, 1.807) is 0 Å². The molecule has 1 atom stereocenters. The Morgan fingerprint density at radius 3 is 2.85 bits per heavy atom. The van der Waals surface area contributed by atoms with Crippen LogP contribution in [0.25, 0.3) is 0 Å². The van der Waals surface area contributed by atoms with Crippen LogP contribution in [0.4, 0.5) is 0 Å². The van der Waals surface area contributed by atoms with Crippen molar-refractivity contribution in [3.63, 3.8) is 0 Å². The molecule has 0 aliphatic heterocycles. The molecule has 0 aliphatic carbocycles. The lowest BCUT2D eigenvalue weighted by molar-refractivity contribution is -0.122. The maximum absolute atomic E-state index is 11.8. The molecule has 1 unspecified atom stereocenters. The van der Waals surface area contributed by atoms with Crippen LogP contribution in [-0.4, -0.2) is 42.0 Å². The second-order valence-electron chi connectivity index (χ2n) is 5.13. The van der Waals surface area contributed by atoms with E-state index in [4.69, 9.17) is 5.73 Å². The minimum Gasteiger partial charge on any atom is -0.356 e. The fourth-order valence-corrected chi connectivity index (χ4v) is 2.04. The average molecular weight is 278 g/mol. The van der Waals surface area contributed by atoms with Gasteiger partial charge in [0.2, 0.25) is 5.91 Å². The van der Waals surface area contributed by atoms with Crippen LogP contribution in [0.2, 0.25) is 0 Å². The largest absolute Gasteiger partial charge is 0.356 e. The van der Waals surface area contributed by atoms with Gasteiger partial charge in [0.25, 0.3) is 0 Å². The maximum Gasteiger partial charge on any atom is 0.221 e. The molecular weight excluding hydrogens is 252 g/mol. The normalized spacial score (nSPS) is 12.4. The number of carbonyl (C=O) groups excluding carboxylic acids is 1. The molecule has 1 aromatic rings. The Labute approximate surface area is 121 Å². The second kappa shape index (κ2) is 8.66. The van der Waals surface area contributed by atoms with Crippen LogP contribution in [0.5, 0.6) is 0 Å². The number of aryl methyl sites for hydroxylation is 1. The number of nitrogens with one attached hydrogen (secondary N) is 1. The van der Waals surface area contributed by atoms with Gasteiger partial charge in [-0.3, -0.25) is 14.7 Å². The summed E-state index contributed by atoms with van der Waals surface area (Å²) >= 11 is 0. The van der Waals surface area contributed by atoms with Crippen LogP contribution < -0.4 is 11.1 Å². The van der Waals surface area contributed by atoms with Crippen LogP contribution in [-0.2, 0) is 11.3 Å². The lowest BCUT2D eigenvalue weighted by Crippen LogP contribution is -2.41. The van der Waals surface area contributed by atoms with E-state index in [2.05, 4.69) is 15.2 Å². The third-order valence-electron chi connectivity index (χ3n) is 3.25. The van der Waals surface area contributed by atoms with Crippen molar-refractivity contribution in [3.8, 4) is 0 Å². The van der Waals surface area contributed by atoms with E-state index in [1.807, 2.05) is 39.1 Å². The Morgan fingerprint density at radius 2 is 2.25 bits per heavy atom. The molecule has 0 bridgehead atoms. The predicted molar refractivity (Wildman–Crippen MR) is 81.2 cm³/mol. The van der Waals surface area contributed by atoms with Crippen molar-refractivity contribution in [1.82, 2.24) is 15.2 Å². The lowest BCUT2D eigenvalue weighted by Gasteiger charge is -2.26. The molecule has 112 valence electrons. The Kier molecular flexibility index (Phi) is 7.18. The van der Waals surface area contributed by atoms with Crippen LogP contribution in [0.15, 0.2) is 18.2 Å². The number of likely N-dealkylation sites (N-methyl/N-ethyl adjacent to an activating group) is 1. The Bertz CT molecular complexity index is 422. The zero-order valence-electron chi connectivity index (χ0n) is 12.7. The molecule has 1 aromatic heterocycles. The molecule has 0 aromatic carbocycles.